The van der Waals surface area contributed by atoms with Crippen LogP contribution in [0.3, 0.4) is 0 Å². The average molecular weight is 382 g/mol. The fraction of sp³-hybridized carbons (Fsp3) is 0.364. The smallest absolute Gasteiger partial charge is 0.234 e. The molecule has 0 aliphatic rings. The second-order valence-electron chi connectivity index (χ2n) is 6.11. The second-order valence-corrected chi connectivity index (χ2v) is 6.11. The zero-order chi connectivity index (χ0) is 20.2. The Morgan fingerprint density at radius 2 is 1.75 bits per heavy atom. The van der Waals surface area contributed by atoms with Gasteiger partial charge in [-0.15, -0.1) is 0 Å². The molecular weight excluding hydrogens is 356 g/mol. The van der Waals surface area contributed by atoms with Crippen molar-refractivity contribution in [2.75, 3.05) is 26.9 Å². The van der Waals surface area contributed by atoms with Crippen molar-refractivity contribution in [3.63, 3.8) is 0 Å². The predicted octanol–water partition coefficient (Wildman–Crippen LogP) is 3.29. The average Bonchev–Trinajstić information content (AvgIpc) is 2.72. The van der Waals surface area contributed by atoms with Crippen molar-refractivity contribution in [2.24, 2.45) is 0 Å². The van der Waals surface area contributed by atoms with Gasteiger partial charge in [0, 0.05) is 6.54 Å². The molecule has 0 radical (unpaired) electrons. The third-order valence-electron chi connectivity index (χ3n) is 4.14. The van der Waals surface area contributed by atoms with Crippen molar-refractivity contribution in [1.29, 1.82) is 5.26 Å². The minimum Gasteiger partial charge on any atom is -0.493 e. The van der Waals surface area contributed by atoms with Gasteiger partial charge in [-0.2, -0.15) is 5.26 Å². The Labute approximate surface area is 166 Å². The van der Waals surface area contributed by atoms with Gasteiger partial charge in [0.05, 0.1) is 13.2 Å². The van der Waals surface area contributed by atoms with Gasteiger partial charge in [-0.3, -0.25) is 4.79 Å². The summed E-state index contributed by atoms with van der Waals surface area (Å²) in [5.41, 5.74) is 2.28. The number of benzene rings is 2. The maximum Gasteiger partial charge on any atom is 0.234 e. The van der Waals surface area contributed by atoms with Gasteiger partial charge < -0.3 is 19.5 Å². The molecule has 0 aliphatic carbocycles. The quantitative estimate of drug-likeness (QED) is 0.603. The summed E-state index contributed by atoms with van der Waals surface area (Å²) in [6, 6.07) is 15.5. The highest BCUT2D eigenvalue weighted by Gasteiger charge is 2.07. The first kappa shape index (κ1) is 21.1. The number of nitrogens with zero attached hydrogens (tertiary/aromatic N) is 1. The molecule has 6 heteroatoms. The van der Waals surface area contributed by atoms with Crippen LogP contribution in [-0.2, 0) is 17.6 Å². The van der Waals surface area contributed by atoms with Crippen LogP contribution in [-0.4, -0.2) is 32.8 Å². The van der Waals surface area contributed by atoms with Crippen LogP contribution in [0.15, 0.2) is 42.5 Å². The summed E-state index contributed by atoms with van der Waals surface area (Å²) in [5.74, 6) is 1.83. The van der Waals surface area contributed by atoms with Crippen LogP contribution in [0, 0.1) is 11.3 Å². The van der Waals surface area contributed by atoms with E-state index in [2.05, 4.69) is 24.4 Å². The number of aryl methyl sites for hydroxylation is 1. The minimum absolute atomic E-state index is 0.124. The van der Waals surface area contributed by atoms with Gasteiger partial charge in [0.1, 0.15) is 25.4 Å². The summed E-state index contributed by atoms with van der Waals surface area (Å²) in [7, 11) is 1.59. The Morgan fingerprint density at radius 1 is 1.04 bits per heavy atom. The number of carbonyl (C=O) groups is 1. The lowest BCUT2D eigenvalue weighted by molar-refractivity contribution is -0.120. The zero-order valence-corrected chi connectivity index (χ0v) is 16.4. The molecule has 0 bridgehead atoms. The van der Waals surface area contributed by atoms with E-state index in [1.807, 2.05) is 36.4 Å². The first-order valence-corrected chi connectivity index (χ1v) is 9.31. The summed E-state index contributed by atoms with van der Waals surface area (Å²) < 4.78 is 16.9. The van der Waals surface area contributed by atoms with E-state index in [9.17, 15) is 4.79 Å². The molecule has 0 heterocycles. The topological polar surface area (TPSA) is 80.6 Å². The third-order valence-corrected chi connectivity index (χ3v) is 4.14. The Kier molecular flexibility index (Phi) is 8.67. The number of hydrogen-bond donors (Lipinski definition) is 1. The number of methoxy groups -OCH3 is 1. The van der Waals surface area contributed by atoms with E-state index >= 15 is 0 Å². The highest BCUT2D eigenvalue weighted by atomic mass is 16.5. The van der Waals surface area contributed by atoms with E-state index < -0.39 is 0 Å². The van der Waals surface area contributed by atoms with Crippen molar-refractivity contribution in [3.8, 4) is 23.3 Å². The first-order chi connectivity index (χ1) is 13.7. The molecule has 0 spiro atoms. The number of hydrogen-bond acceptors (Lipinski definition) is 5. The molecule has 2 aromatic carbocycles. The second kappa shape index (κ2) is 11.5. The lowest BCUT2D eigenvalue weighted by Gasteiger charge is -2.13. The molecule has 2 aromatic rings. The van der Waals surface area contributed by atoms with Crippen molar-refractivity contribution < 1.29 is 19.0 Å². The minimum atomic E-state index is -0.265. The van der Waals surface area contributed by atoms with Gasteiger partial charge in [0.25, 0.3) is 0 Å². The van der Waals surface area contributed by atoms with Crippen LogP contribution in [0.1, 0.15) is 24.5 Å². The van der Waals surface area contributed by atoms with Crippen LogP contribution in [0.4, 0.5) is 0 Å². The van der Waals surface area contributed by atoms with Gasteiger partial charge in [-0.1, -0.05) is 25.1 Å². The van der Waals surface area contributed by atoms with Gasteiger partial charge >= 0.3 is 0 Å². The maximum atomic E-state index is 11.3. The molecule has 148 valence electrons. The molecule has 1 N–H and O–H groups in total. The highest BCUT2D eigenvalue weighted by Crippen LogP contribution is 2.28. The van der Waals surface area contributed by atoms with Crippen molar-refractivity contribution in [2.45, 2.75) is 26.2 Å². The number of nitriles is 1. The van der Waals surface area contributed by atoms with E-state index in [1.165, 1.54) is 5.56 Å². The Balaban J connectivity index is 1.79. The van der Waals surface area contributed by atoms with Crippen LogP contribution >= 0.6 is 0 Å². The Hall–Kier alpha value is -3.20. The van der Waals surface area contributed by atoms with Crippen molar-refractivity contribution in [1.82, 2.24) is 5.32 Å². The van der Waals surface area contributed by atoms with Gasteiger partial charge in [0.2, 0.25) is 5.91 Å². The maximum absolute atomic E-state index is 11.3. The van der Waals surface area contributed by atoms with E-state index in [0.717, 1.165) is 17.7 Å². The monoisotopic (exact) mass is 382 g/mol. The summed E-state index contributed by atoms with van der Waals surface area (Å²) >= 11 is 0. The normalized spacial score (nSPS) is 10.0. The Bertz CT molecular complexity index is 797. The SMILES string of the molecule is CCc1ccc(OCCOc2ccc(CCNC(=O)CC#N)cc2OC)cc1. The van der Waals surface area contributed by atoms with E-state index in [1.54, 1.807) is 7.11 Å². The molecule has 0 unspecified atom stereocenters. The van der Waals surface area contributed by atoms with Crippen LogP contribution in [0.2, 0.25) is 0 Å². The fourth-order valence-electron chi connectivity index (χ4n) is 2.60. The van der Waals surface area contributed by atoms with Crippen molar-refractivity contribution in [3.05, 3.63) is 53.6 Å². The lowest BCUT2D eigenvalue weighted by Crippen LogP contribution is -2.24. The Morgan fingerprint density at radius 3 is 2.43 bits per heavy atom. The van der Waals surface area contributed by atoms with Crippen LogP contribution < -0.4 is 19.5 Å². The van der Waals surface area contributed by atoms with Crippen LogP contribution in [0.5, 0.6) is 17.2 Å². The molecule has 0 aliphatic heterocycles. The number of ether oxygens (including phenoxy) is 3. The molecule has 28 heavy (non-hydrogen) atoms. The third kappa shape index (κ3) is 6.84. The fourth-order valence-corrected chi connectivity index (χ4v) is 2.60. The molecule has 0 aromatic heterocycles. The van der Waals surface area contributed by atoms with Crippen molar-refractivity contribution >= 4 is 5.91 Å². The van der Waals surface area contributed by atoms with Gasteiger partial charge in [-0.05, 0) is 48.2 Å². The number of nitrogens with one attached hydrogen (secondary N) is 1. The van der Waals surface area contributed by atoms with Gasteiger partial charge in [0.15, 0.2) is 11.5 Å². The largest absolute Gasteiger partial charge is 0.493 e. The van der Waals surface area contributed by atoms with Gasteiger partial charge in [-0.25, -0.2) is 0 Å². The standard InChI is InChI=1S/C22H26N2O4/c1-3-17-4-7-19(8-5-17)27-14-15-28-20-9-6-18(16-21(20)26-2)11-13-24-22(25)10-12-23/h4-9,16H,3,10-11,13-15H2,1-2H3,(H,24,25). The predicted molar refractivity (Wildman–Crippen MR) is 107 cm³/mol. The van der Waals surface area contributed by atoms with Crippen LogP contribution in [0.25, 0.3) is 0 Å². The number of rotatable bonds is 11. The lowest BCUT2D eigenvalue weighted by atomic mass is 10.1. The van der Waals surface area contributed by atoms with E-state index in [-0.39, 0.29) is 12.3 Å². The zero-order valence-electron chi connectivity index (χ0n) is 16.4. The number of carbonyl (C=O) groups excluding carboxylic acids is 1. The highest BCUT2D eigenvalue weighted by molar-refractivity contribution is 5.77. The summed E-state index contributed by atoms with van der Waals surface area (Å²) in [6.07, 6.45) is 1.52. The number of amides is 1. The molecule has 1 amide bonds. The molecule has 0 fully saturated rings. The first-order valence-electron chi connectivity index (χ1n) is 9.31. The molecule has 0 atom stereocenters. The molecular formula is C22H26N2O4. The summed E-state index contributed by atoms with van der Waals surface area (Å²) in [4.78, 5) is 11.3. The molecule has 0 saturated carbocycles. The van der Waals surface area contributed by atoms with E-state index in [4.69, 9.17) is 19.5 Å². The summed E-state index contributed by atoms with van der Waals surface area (Å²) in [5, 5.41) is 11.2. The summed E-state index contributed by atoms with van der Waals surface area (Å²) in [6.45, 7) is 3.42. The molecule has 2 rings (SSSR count). The molecule has 6 nitrogen and oxygen atoms in total. The van der Waals surface area contributed by atoms with E-state index in [0.29, 0.717) is 37.7 Å². The molecule has 0 saturated heterocycles.